The van der Waals surface area contributed by atoms with Crippen molar-refractivity contribution in [3.8, 4) is 0 Å². The van der Waals surface area contributed by atoms with Crippen LogP contribution in [-0.2, 0) is 4.74 Å². The van der Waals surface area contributed by atoms with Crippen molar-refractivity contribution in [1.82, 2.24) is 4.90 Å². The number of rotatable bonds is 2. The highest BCUT2D eigenvalue weighted by Gasteiger charge is 2.29. The van der Waals surface area contributed by atoms with Gasteiger partial charge in [-0.1, -0.05) is 0 Å². The molecular weight excluding hydrogens is 168 g/mol. The summed E-state index contributed by atoms with van der Waals surface area (Å²) in [5.74, 6) is 0.0496. The molecule has 1 aliphatic heterocycles. The monoisotopic (exact) mass is 186 g/mol. The first-order chi connectivity index (χ1) is 6.16. The number of nitrogens with zero attached hydrogens (tertiary/aromatic N) is 1. The Kier molecular flexibility index (Phi) is 3.50. The Morgan fingerprint density at radius 1 is 1.69 bits per heavy atom. The van der Waals surface area contributed by atoms with Gasteiger partial charge in [0, 0.05) is 19.2 Å². The second-order valence-corrected chi connectivity index (χ2v) is 3.23. The molecule has 13 heavy (non-hydrogen) atoms. The lowest BCUT2D eigenvalue weighted by Crippen LogP contribution is -2.57. The third kappa shape index (κ3) is 2.32. The lowest BCUT2D eigenvalue weighted by molar-refractivity contribution is -0.0540. The van der Waals surface area contributed by atoms with E-state index in [1.165, 1.54) is 0 Å². The van der Waals surface area contributed by atoms with Crippen LogP contribution in [0.5, 0.6) is 0 Å². The van der Waals surface area contributed by atoms with E-state index in [4.69, 9.17) is 21.6 Å². The van der Waals surface area contributed by atoms with Crippen LogP contribution in [0.25, 0.3) is 0 Å². The maximum absolute atomic E-state index is 7.36. The van der Waals surface area contributed by atoms with Crippen LogP contribution in [0, 0.1) is 5.41 Å². The number of nitrogens with one attached hydrogen (secondary N) is 1. The molecule has 0 saturated carbocycles. The second-order valence-electron chi connectivity index (χ2n) is 3.23. The number of hydrogen-bond acceptors (Lipinski definition) is 3. The highest BCUT2D eigenvalue weighted by Crippen LogP contribution is 2.16. The first-order valence-electron chi connectivity index (χ1n) is 4.64. The summed E-state index contributed by atoms with van der Waals surface area (Å²) in [6.07, 6.45) is 1.70. The molecule has 0 aromatic heterocycles. The van der Waals surface area contributed by atoms with Crippen LogP contribution in [0.1, 0.15) is 19.8 Å². The van der Waals surface area contributed by atoms with Gasteiger partial charge in [0.25, 0.3) is 0 Å². The summed E-state index contributed by atoms with van der Waals surface area (Å²) in [7, 11) is 0. The molecule has 1 saturated heterocycles. The molecule has 5 N–H and O–H groups in total. The van der Waals surface area contributed by atoms with Gasteiger partial charge in [-0.25, -0.2) is 0 Å². The first kappa shape index (κ1) is 10.3. The average molecular weight is 186 g/mol. The summed E-state index contributed by atoms with van der Waals surface area (Å²) in [5, 5.41) is 7.36. The predicted octanol–water partition coefficient (Wildman–Crippen LogP) is -0.334. The molecule has 0 aliphatic carbocycles. The van der Waals surface area contributed by atoms with Crippen molar-refractivity contribution in [2.75, 3.05) is 13.2 Å². The van der Waals surface area contributed by atoms with Gasteiger partial charge in [-0.05, 0) is 19.8 Å². The maximum atomic E-state index is 7.36. The third-order valence-corrected chi connectivity index (χ3v) is 2.26. The summed E-state index contributed by atoms with van der Waals surface area (Å²) in [4.78, 5) is 1.72. The smallest absolute Gasteiger partial charge is 0.190 e. The minimum Gasteiger partial charge on any atom is -0.370 e. The SMILES string of the molecule is CCOC1[C@@H](N)CCCN1C(=N)N. The van der Waals surface area contributed by atoms with Gasteiger partial charge >= 0.3 is 0 Å². The van der Waals surface area contributed by atoms with E-state index >= 15 is 0 Å². The largest absolute Gasteiger partial charge is 0.370 e. The molecule has 0 radical (unpaired) electrons. The third-order valence-electron chi connectivity index (χ3n) is 2.26. The van der Waals surface area contributed by atoms with Crippen molar-refractivity contribution in [3.05, 3.63) is 0 Å². The van der Waals surface area contributed by atoms with E-state index in [1.54, 1.807) is 4.90 Å². The normalized spacial score (nSPS) is 28.9. The molecule has 1 unspecified atom stereocenters. The zero-order valence-corrected chi connectivity index (χ0v) is 7.99. The molecule has 1 fully saturated rings. The number of piperidine rings is 1. The minimum absolute atomic E-state index is 0.0300. The molecule has 1 aliphatic rings. The highest BCUT2D eigenvalue weighted by molar-refractivity contribution is 5.75. The van der Waals surface area contributed by atoms with Crippen molar-refractivity contribution >= 4 is 5.96 Å². The van der Waals surface area contributed by atoms with Crippen LogP contribution in [-0.4, -0.2) is 36.3 Å². The number of ether oxygens (including phenoxy) is 1. The van der Waals surface area contributed by atoms with Crippen molar-refractivity contribution in [2.24, 2.45) is 11.5 Å². The van der Waals surface area contributed by atoms with Crippen molar-refractivity contribution < 1.29 is 4.74 Å². The Balaban J connectivity index is 2.62. The fraction of sp³-hybridized carbons (Fsp3) is 0.875. The zero-order valence-electron chi connectivity index (χ0n) is 7.99. The van der Waals surface area contributed by atoms with Gasteiger partial charge in [0.05, 0.1) is 0 Å². The first-order valence-corrected chi connectivity index (χ1v) is 4.64. The van der Waals surface area contributed by atoms with Gasteiger partial charge in [0.1, 0.15) is 6.23 Å². The van der Waals surface area contributed by atoms with Gasteiger partial charge in [-0.2, -0.15) is 0 Å². The fourth-order valence-corrected chi connectivity index (χ4v) is 1.64. The molecular formula is C8H18N4O. The molecule has 0 amide bonds. The van der Waals surface area contributed by atoms with E-state index in [0.29, 0.717) is 6.61 Å². The Morgan fingerprint density at radius 2 is 2.38 bits per heavy atom. The van der Waals surface area contributed by atoms with Crippen LogP contribution in [0.3, 0.4) is 0 Å². The van der Waals surface area contributed by atoms with E-state index in [1.807, 2.05) is 6.92 Å². The molecule has 1 heterocycles. The molecule has 0 bridgehead atoms. The van der Waals surface area contributed by atoms with E-state index in [9.17, 15) is 0 Å². The van der Waals surface area contributed by atoms with Crippen LogP contribution < -0.4 is 11.5 Å². The topological polar surface area (TPSA) is 88.4 Å². The van der Waals surface area contributed by atoms with E-state index in [0.717, 1.165) is 19.4 Å². The van der Waals surface area contributed by atoms with Crippen LogP contribution >= 0.6 is 0 Å². The standard InChI is InChI=1S/C8H18N4O/c1-2-13-7-6(9)4-3-5-12(7)8(10)11/h6-7H,2-5,9H2,1H3,(H3,10,11)/t6-,7?/m0/s1. The second kappa shape index (κ2) is 4.43. The van der Waals surface area contributed by atoms with E-state index in [-0.39, 0.29) is 18.2 Å². The van der Waals surface area contributed by atoms with Gasteiger partial charge in [-0.3, -0.25) is 5.41 Å². The Hall–Kier alpha value is -0.810. The summed E-state index contributed by atoms with van der Waals surface area (Å²) < 4.78 is 5.45. The molecule has 5 heteroatoms. The van der Waals surface area contributed by atoms with Crippen molar-refractivity contribution in [2.45, 2.75) is 32.0 Å². The summed E-state index contributed by atoms with van der Waals surface area (Å²) >= 11 is 0. The number of guanidine groups is 1. The Labute approximate surface area is 78.5 Å². The molecule has 1 rings (SSSR count). The maximum Gasteiger partial charge on any atom is 0.190 e. The Bertz CT molecular complexity index is 185. The number of likely N-dealkylation sites (tertiary alicyclic amines) is 1. The van der Waals surface area contributed by atoms with Crippen LogP contribution in [0.4, 0.5) is 0 Å². The van der Waals surface area contributed by atoms with Crippen molar-refractivity contribution in [1.29, 1.82) is 5.41 Å². The van der Waals surface area contributed by atoms with Crippen molar-refractivity contribution in [3.63, 3.8) is 0 Å². The highest BCUT2D eigenvalue weighted by atomic mass is 16.5. The van der Waals surface area contributed by atoms with E-state index < -0.39 is 0 Å². The molecule has 0 spiro atoms. The molecule has 5 nitrogen and oxygen atoms in total. The van der Waals surface area contributed by atoms with E-state index in [2.05, 4.69) is 0 Å². The minimum atomic E-state index is -0.212. The quantitative estimate of drug-likeness (QED) is 0.407. The van der Waals surface area contributed by atoms with Gasteiger partial charge in [-0.15, -0.1) is 0 Å². The molecule has 76 valence electrons. The lowest BCUT2D eigenvalue weighted by atomic mass is 10.1. The number of nitrogens with two attached hydrogens (primary N) is 2. The zero-order chi connectivity index (χ0) is 9.84. The number of hydrogen-bond donors (Lipinski definition) is 3. The van der Waals surface area contributed by atoms with Gasteiger partial charge in [0.15, 0.2) is 5.96 Å². The van der Waals surface area contributed by atoms with Crippen LogP contribution in [0.15, 0.2) is 0 Å². The summed E-state index contributed by atoms with van der Waals surface area (Å²) in [5.41, 5.74) is 11.3. The lowest BCUT2D eigenvalue weighted by Gasteiger charge is -2.39. The molecule has 0 aromatic carbocycles. The van der Waals surface area contributed by atoms with Crippen LogP contribution in [0.2, 0.25) is 0 Å². The van der Waals surface area contributed by atoms with Gasteiger partial charge < -0.3 is 21.1 Å². The predicted molar refractivity (Wildman–Crippen MR) is 51.2 cm³/mol. The Morgan fingerprint density at radius 3 is 2.92 bits per heavy atom. The average Bonchev–Trinajstić information content (AvgIpc) is 2.08. The fourth-order valence-electron chi connectivity index (χ4n) is 1.64. The van der Waals surface area contributed by atoms with Gasteiger partial charge in [0.2, 0.25) is 0 Å². The summed E-state index contributed by atoms with van der Waals surface area (Å²) in [6.45, 7) is 3.29. The molecule has 2 atom stereocenters. The summed E-state index contributed by atoms with van der Waals surface area (Å²) in [6, 6.07) is -0.0300. The molecule has 0 aromatic rings.